The molecule has 0 aliphatic heterocycles. The summed E-state index contributed by atoms with van der Waals surface area (Å²) in [5.41, 5.74) is 3.34. The summed E-state index contributed by atoms with van der Waals surface area (Å²) in [7, 11) is 0. The van der Waals surface area contributed by atoms with Crippen LogP contribution in [0.25, 0.3) is 0 Å². The molecule has 0 saturated heterocycles. The molecular formula is C10H17N5O. The maximum atomic E-state index is 8.97. The van der Waals surface area contributed by atoms with Crippen LogP contribution in [0.5, 0.6) is 0 Å². The molecule has 6 nitrogen and oxygen atoms in total. The van der Waals surface area contributed by atoms with Crippen LogP contribution in [0.4, 0.5) is 5.82 Å². The van der Waals surface area contributed by atoms with Crippen molar-refractivity contribution < 1.29 is 5.11 Å². The normalized spacial score (nSPS) is 15.4. The molecule has 1 aromatic rings. The molecular weight excluding hydrogens is 206 g/mol. The number of nitrogens with one attached hydrogen (secondary N) is 1. The van der Waals surface area contributed by atoms with E-state index in [2.05, 4.69) is 20.3 Å². The predicted octanol–water partition coefficient (Wildman–Crippen LogP) is -0.281. The highest BCUT2D eigenvalue weighted by Gasteiger charge is 2.28. The molecule has 1 heterocycles. The van der Waals surface area contributed by atoms with Gasteiger partial charge in [0.25, 0.3) is 0 Å². The third kappa shape index (κ3) is 2.88. The zero-order valence-corrected chi connectivity index (χ0v) is 9.13. The quantitative estimate of drug-likeness (QED) is 0.454. The number of hydrogen-bond donors (Lipinski definition) is 3. The molecule has 0 unspecified atom stereocenters. The van der Waals surface area contributed by atoms with Crippen molar-refractivity contribution >= 4 is 5.82 Å². The van der Waals surface area contributed by atoms with Crippen LogP contribution >= 0.6 is 0 Å². The molecule has 0 aromatic carbocycles. The molecule has 1 aromatic heterocycles. The fourth-order valence-electron chi connectivity index (χ4n) is 1.68. The highest BCUT2D eigenvalue weighted by molar-refractivity contribution is 5.28. The van der Waals surface area contributed by atoms with E-state index < -0.39 is 0 Å². The maximum absolute atomic E-state index is 8.97. The number of aromatic nitrogens is 2. The van der Waals surface area contributed by atoms with Gasteiger partial charge in [-0.05, 0) is 12.8 Å². The van der Waals surface area contributed by atoms with Crippen LogP contribution in [0.2, 0.25) is 0 Å². The van der Waals surface area contributed by atoms with Crippen LogP contribution in [-0.2, 0) is 6.54 Å². The Labute approximate surface area is 94.5 Å². The summed E-state index contributed by atoms with van der Waals surface area (Å²) in [6.45, 7) is 1.62. The summed E-state index contributed by atoms with van der Waals surface area (Å²) in [6, 6.07) is 0.612. The Morgan fingerprint density at radius 3 is 2.75 bits per heavy atom. The first-order chi connectivity index (χ1) is 7.83. The second-order valence-electron chi connectivity index (χ2n) is 3.96. The van der Waals surface area contributed by atoms with E-state index in [0.717, 1.165) is 12.2 Å². The Balaban J connectivity index is 1.94. The minimum Gasteiger partial charge on any atom is -0.395 e. The third-order valence-corrected chi connectivity index (χ3v) is 2.67. The Kier molecular flexibility index (Phi) is 3.66. The first kappa shape index (κ1) is 11.3. The SMILES string of the molecule is NNc1cnc(CN(CCO)C2CC2)cn1. The van der Waals surface area contributed by atoms with Gasteiger partial charge in [-0.15, -0.1) is 0 Å². The average molecular weight is 223 g/mol. The average Bonchev–Trinajstić information content (AvgIpc) is 3.13. The predicted molar refractivity (Wildman–Crippen MR) is 60.4 cm³/mol. The summed E-state index contributed by atoms with van der Waals surface area (Å²) in [5, 5.41) is 8.97. The van der Waals surface area contributed by atoms with E-state index in [1.165, 1.54) is 12.8 Å². The molecule has 0 bridgehead atoms. The zero-order chi connectivity index (χ0) is 11.4. The van der Waals surface area contributed by atoms with Gasteiger partial charge in [0.2, 0.25) is 0 Å². The Morgan fingerprint density at radius 2 is 2.25 bits per heavy atom. The highest BCUT2D eigenvalue weighted by Crippen LogP contribution is 2.27. The summed E-state index contributed by atoms with van der Waals surface area (Å²) in [6.07, 6.45) is 5.76. The molecule has 0 spiro atoms. The first-order valence-electron chi connectivity index (χ1n) is 5.46. The lowest BCUT2D eigenvalue weighted by Crippen LogP contribution is -2.29. The van der Waals surface area contributed by atoms with Crippen LogP contribution in [0.1, 0.15) is 18.5 Å². The molecule has 88 valence electrons. The lowest BCUT2D eigenvalue weighted by Gasteiger charge is -2.19. The first-order valence-corrected chi connectivity index (χ1v) is 5.46. The van der Waals surface area contributed by atoms with Gasteiger partial charge in [-0.25, -0.2) is 10.8 Å². The fourth-order valence-corrected chi connectivity index (χ4v) is 1.68. The van der Waals surface area contributed by atoms with E-state index in [9.17, 15) is 0 Å². The van der Waals surface area contributed by atoms with E-state index in [1.54, 1.807) is 12.4 Å². The minimum atomic E-state index is 0.187. The lowest BCUT2D eigenvalue weighted by atomic mass is 10.3. The van der Waals surface area contributed by atoms with Crippen molar-refractivity contribution in [1.82, 2.24) is 14.9 Å². The second-order valence-corrected chi connectivity index (χ2v) is 3.96. The molecule has 0 amide bonds. The molecule has 1 aliphatic rings. The fraction of sp³-hybridized carbons (Fsp3) is 0.600. The van der Waals surface area contributed by atoms with E-state index in [0.29, 0.717) is 18.4 Å². The Morgan fingerprint density at radius 1 is 1.44 bits per heavy atom. The van der Waals surface area contributed by atoms with Gasteiger partial charge < -0.3 is 10.5 Å². The van der Waals surface area contributed by atoms with Gasteiger partial charge in [0.15, 0.2) is 5.82 Å². The summed E-state index contributed by atoms with van der Waals surface area (Å²) in [4.78, 5) is 10.6. The van der Waals surface area contributed by atoms with Gasteiger partial charge in [0.1, 0.15) is 0 Å². The van der Waals surface area contributed by atoms with Crippen LogP contribution in [-0.4, -0.2) is 39.2 Å². The van der Waals surface area contributed by atoms with Gasteiger partial charge in [-0.3, -0.25) is 9.88 Å². The van der Waals surface area contributed by atoms with Crippen molar-refractivity contribution in [2.24, 2.45) is 5.84 Å². The van der Waals surface area contributed by atoms with E-state index in [4.69, 9.17) is 10.9 Å². The smallest absolute Gasteiger partial charge is 0.158 e. The maximum Gasteiger partial charge on any atom is 0.158 e. The number of hydrazine groups is 1. The molecule has 16 heavy (non-hydrogen) atoms. The van der Waals surface area contributed by atoms with Gasteiger partial charge >= 0.3 is 0 Å². The van der Waals surface area contributed by atoms with E-state index in [-0.39, 0.29) is 6.61 Å². The molecule has 1 aliphatic carbocycles. The number of rotatable bonds is 6. The molecule has 2 rings (SSSR count). The third-order valence-electron chi connectivity index (χ3n) is 2.67. The molecule has 4 N–H and O–H groups in total. The molecule has 0 radical (unpaired) electrons. The highest BCUT2D eigenvalue weighted by atomic mass is 16.3. The van der Waals surface area contributed by atoms with Crippen molar-refractivity contribution in [3.05, 3.63) is 18.1 Å². The molecule has 1 saturated carbocycles. The number of aliphatic hydroxyl groups excluding tert-OH is 1. The number of nitrogens with two attached hydrogens (primary N) is 1. The lowest BCUT2D eigenvalue weighted by molar-refractivity contribution is 0.182. The monoisotopic (exact) mass is 223 g/mol. The van der Waals surface area contributed by atoms with Crippen LogP contribution in [0, 0.1) is 0 Å². The number of aliphatic hydroxyl groups is 1. The van der Waals surface area contributed by atoms with Crippen LogP contribution < -0.4 is 11.3 Å². The topological polar surface area (TPSA) is 87.3 Å². The largest absolute Gasteiger partial charge is 0.395 e. The molecule has 6 heteroatoms. The van der Waals surface area contributed by atoms with Gasteiger partial charge in [-0.2, -0.15) is 0 Å². The Bertz CT molecular complexity index is 324. The minimum absolute atomic E-state index is 0.187. The second kappa shape index (κ2) is 5.20. The van der Waals surface area contributed by atoms with Crippen LogP contribution in [0.3, 0.4) is 0 Å². The Hall–Kier alpha value is -1.24. The summed E-state index contributed by atoms with van der Waals surface area (Å²) >= 11 is 0. The van der Waals surface area contributed by atoms with Crippen molar-refractivity contribution in [1.29, 1.82) is 0 Å². The standard InChI is InChI=1S/C10H17N5O/c11-14-10-6-12-8(5-13-10)7-15(3-4-16)9-1-2-9/h5-6,9,16H,1-4,7,11H2,(H,13,14). The van der Waals surface area contributed by atoms with Crippen molar-refractivity contribution in [2.45, 2.75) is 25.4 Å². The molecule has 1 fully saturated rings. The van der Waals surface area contributed by atoms with Crippen molar-refractivity contribution in [3.63, 3.8) is 0 Å². The summed E-state index contributed by atoms with van der Waals surface area (Å²) < 4.78 is 0. The van der Waals surface area contributed by atoms with Crippen molar-refractivity contribution in [3.8, 4) is 0 Å². The van der Waals surface area contributed by atoms with Crippen molar-refractivity contribution in [2.75, 3.05) is 18.6 Å². The number of nitrogen functional groups attached to an aromatic ring is 1. The molecule has 0 atom stereocenters. The van der Waals surface area contributed by atoms with Gasteiger partial charge in [0, 0.05) is 19.1 Å². The van der Waals surface area contributed by atoms with Gasteiger partial charge in [-0.1, -0.05) is 0 Å². The van der Waals surface area contributed by atoms with E-state index >= 15 is 0 Å². The van der Waals surface area contributed by atoms with Gasteiger partial charge in [0.05, 0.1) is 24.7 Å². The number of anilines is 1. The zero-order valence-electron chi connectivity index (χ0n) is 9.13. The van der Waals surface area contributed by atoms with Crippen LogP contribution in [0.15, 0.2) is 12.4 Å². The number of nitrogens with zero attached hydrogens (tertiary/aromatic N) is 3. The van der Waals surface area contributed by atoms with E-state index in [1.807, 2.05) is 0 Å². The summed E-state index contributed by atoms with van der Waals surface area (Å²) in [5.74, 6) is 5.77. The number of hydrogen-bond acceptors (Lipinski definition) is 6.